The van der Waals surface area contributed by atoms with Gasteiger partial charge < -0.3 is 9.84 Å². The number of aromatic nitrogens is 3. The van der Waals surface area contributed by atoms with Gasteiger partial charge in [0.15, 0.2) is 11.5 Å². The molecule has 0 aliphatic heterocycles. The fraction of sp³-hybridized carbons (Fsp3) is 0. The highest BCUT2D eigenvalue weighted by molar-refractivity contribution is 7.13. The predicted octanol–water partition coefficient (Wildman–Crippen LogP) is 3.53. The average molecular weight is 310 g/mol. The van der Waals surface area contributed by atoms with Crippen molar-refractivity contribution < 1.29 is 9.32 Å². The Labute approximate surface area is 128 Å². The Kier molecular flexibility index (Phi) is 2.97. The van der Waals surface area contributed by atoms with Crippen molar-refractivity contribution in [3.05, 3.63) is 53.7 Å². The van der Waals surface area contributed by atoms with E-state index in [9.17, 15) is 4.79 Å². The summed E-state index contributed by atoms with van der Waals surface area (Å²) < 4.78 is 5.21. The fourth-order valence-corrected chi connectivity index (χ4v) is 2.81. The number of nitrogens with one attached hydrogen (secondary N) is 2. The van der Waals surface area contributed by atoms with Crippen LogP contribution in [0.2, 0.25) is 0 Å². The summed E-state index contributed by atoms with van der Waals surface area (Å²) in [6.45, 7) is 0. The molecule has 0 spiro atoms. The average Bonchev–Trinajstić information content (AvgIpc) is 3.26. The van der Waals surface area contributed by atoms with Crippen LogP contribution in [0.15, 0.2) is 52.5 Å². The van der Waals surface area contributed by atoms with Crippen molar-refractivity contribution in [1.29, 1.82) is 0 Å². The third-order valence-corrected chi connectivity index (χ3v) is 4.09. The molecule has 4 aromatic rings. The first-order valence-corrected chi connectivity index (χ1v) is 7.43. The van der Waals surface area contributed by atoms with Crippen LogP contribution in [0.3, 0.4) is 0 Å². The molecule has 0 saturated heterocycles. The molecule has 22 heavy (non-hydrogen) atoms. The van der Waals surface area contributed by atoms with Crippen molar-refractivity contribution in [2.75, 3.05) is 5.32 Å². The third-order valence-electron chi connectivity index (χ3n) is 3.20. The molecule has 3 aromatic heterocycles. The maximum atomic E-state index is 12.2. The summed E-state index contributed by atoms with van der Waals surface area (Å²) in [7, 11) is 0. The van der Waals surface area contributed by atoms with E-state index in [2.05, 4.69) is 20.7 Å². The normalized spacial score (nSPS) is 10.9. The monoisotopic (exact) mass is 310 g/mol. The summed E-state index contributed by atoms with van der Waals surface area (Å²) in [5.41, 5.74) is 1.84. The Hall–Kier alpha value is -2.93. The van der Waals surface area contributed by atoms with E-state index in [-0.39, 0.29) is 11.6 Å². The Morgan fingerprint density at radius 2 is 2.23 bits per heavy atom. The quantitative estimate of drug-likeness (QED) is 0.606. The third kappa shape index (κ3) is 2.27. The van der Waals surface area contributed by atoms with Crippen LogP contribution in [0, 0.1) is 0 Å². The van der Waals surface area contributed by atoms with Gasteiger partial charge in [-0.25, -0.2) is 0 Å². The van der Waals surface area contributed by atoms with Gasteiger partial charge in [-0.15, -0.1) is 11.3 Å². The van der Waals surface area contributed by atoms with Gasteiger partial charge in [0.05, 0.1) is 16.6 Å². The van der Waals surface area contributed by atoms with E-state index < -0.39 is 0 Å². The zero-order chi connectivity index (χ0) is 14.9. The number of rotatable bonds is 3. The lowest BCUT2D eigenvalue weighted by Gasteiger charge is -2.02. The predicted molar refractivity (Wildman–Crippen MR) is 83.9 cm³/mol. The van der Waals surface area contributed by atoms with Crippen molar-refractivity contribution in [1.82, 2.24) is 15.4 Å². The van der Waals surface area contributed by atoms with Crippen molar-refractivity contribution in [2.24, 2.45) is 0 Å². The molecular weight excluding hydrogens is 300 g/mol. The smallest absolute Gasteiger partial charge is 0.277 e. The van der Waals surface area contributed by atoms with Gasteiger partial charge in [0.25, 0.3) is 5.91 Å². The number of H-pyrrole nitrogens is 1. The largest absolute Gasteiger partial charge is 0.355 e. The number of nitrogens with zero attached hydrogens (tertiary/aromatic N) is 2. The van der Waals surface area contributed by atoms with Gasteiger partial charge in [-0.1, -0.05) is 11.2 Å². The summed E-state index contributed by atoms with van der Waals surface area (Å²) >= 11 is 1.53. The molecule has 0 atom stereocenters. The van der Waals surface area contributed by atoms with Crippen LogP contribution in [0.4, 0.5) is 5.69 Å². The van der Waals surface area contributed by atoms with Crippen molar-refractivity contribution >= 4 is 33.8 Å². The Balaban J connectivity index is 1.56. The minimum absolute atomic E-state index is 0.246. The molecule has 2 N–H and O–H groups in total. The SMILES string of the molecule is O=C(Nc1ccc2[nH]ncc2c1)c1cc(-c2cccs2)on1. The molecule has 0 saturated carbocycles. The van der Waals surface area contributed by atoms with Crippen molar-refractivity contribution in [2.45, 2.75) is 0 Å². The minimum atomic E-state index is -0.311. The number of benzene rings is 1. The number of aromatic amines is 1. The van der Waals surface area contributed by atoms with E-state index in [4.69, 9.17) is 4.52 Å². The van der Waals surface area contributed by atoms with E-state index in [1.807, 2.05) is 29.6 Å². The molecule has 0 aliphatic carbocycles. The second-order valence-corrected chi connectivity index (χ2v) is 5.63. The molecule has 1 aromatic carbocycles. The molecule has 3 heterocycles. The Bertz CT molecular complexity index is 939. The number of fused-ring (bicyclic) bond motifs is 1. The van der Waals surface area contributed by atoms with Crippen molar-refractivity contribution in [3.8, 4) is 10.6 Å². The van der Waals surface area contributed by atoms with E-state index in [1.54, 1.807) is 18.3 Å². The van der Waals surface area contributed by atoms with Gasteiger partial charge >= 0.3 is 0 Å². The van der Waals surface area contributed by atoms with Gasteiger partial charge in [0.2, 0.25) is 0 Å². The first-order valence-electron chi connectivity index (χ1n) is 6.55. The molecule has 108 valence electrons. The summed E-state index contributed by atoms with van der Waals surface area (Å²) in [4.78, 5) is 13.2. The lowest BCUT2D eigenvalue weighted by atomic mass is 10.2. The number of thiophene rings is 1. The van der Waals surface area contributed by atoms with Crippen LogP contribution in [-0.2, 0) is 0 Å². The van der Waals surface area contributed by atoms with Gasteiger partial charge in [-0.05, 0) is 29.6 Å². The number of carbonyl (C=O) groups is 1. The molecular formula is C15H10N4O2S. The van der Waals surface area contributed by atoms with Crippen LogP contribution >= 0.6 is 11.3 Å². The summed E-state index contributed by atoms with van der Waals surface area (Å²) in [6, 6.07) is 11.0. The highest BCUT2D eigenvalue weighted by Gasteiger charge is 2.14. The van der Waals surface area contributed by atoms with Crippen LogP contribution in [0.25, 0.3) is 21.5 Å². The zero-order valence-corrected chi connectivity index (χ0v) is 12.1. The maximum Gasteiger partial charge on any atom is 0.277 e. The number of anilines is 1. The van der Waals surface area contributed by atoms with E-state index >= 15 is 0 Å². The molecule has 7 heteroatoms. The number of carbonyl (C=O) groups excluding carboxylic acids is 1. The van der Waals surface area contributed by atoms with Gasteiger partial charge in [-0.2, -0.15) is 5.10 Å². The topological polar surface area (TPSA) is 83.8 Å². The molecule has 0 aliphatic rings. The van der Waals surface area contributed by atoms with Crippen LogP contribution < -0.4 is 5.32 Å². The lowest BCUT2D eigenvalue weighted by Crippen LogP contribution is -2.11. The first-order chi connectivity index (χ1) is 10.8. The van der Waals surface area contributed by atoms with E-state index in [0.717, 1.165) is 15.8 Å². The molecule has 6 nitrogen and oxygen atoms in total. The number of amides is 1. The molecule has 1 amide bonds. The molecule has 0 unspecified atom stereocenters. The highest BCUT2D eigenvalue weighted by atomic mass is 32.1. The van der Waals surface area contributed by atoms with Crippen molar-refractivity contribution in [3.63, 3.8) is 0 Å². The minimum Gasteiger partial charge on any atom is -0.355 e. The standard InChI is InChI=1S/C15H10N4O2S/c20-15(12-7-13(21-19-12)14-2-1-5-22-14)17-10-3-4-11-9(6-10)8-16-18-11/h1-8H,(H,16,18)(H,17,20). The van der Waals surface area contributed by atoms with Crippen LogP contribution in [0.1, 0.15) is 10.5 Å². The summed E-state index contributed by atoms with van der Waals surface area (Å²) in [5, 5.41) is 16.3. The van der Waals surface area contributed by atoms with Gasteiger partial charge in [-0.3, -0.25) is 9.89 Å². The zero-order valence-electron chi connectivity index (χ0n) is 11.2. The number of hydrogen-bond donors (Lipinski definition) is 2. The first kappa shape index (κ1) is 12.8. The Morgan fingerprint density at radius 1 is 1.27 bits per heavy atom. The maximum absolute atomic E-state index is 12.2. The highest BCUT2D eigenvalue weighted by Crippen LogP contribution is 2.25. The molecule has 0 fully saturated rings. The molecule has 0 bridgehead atoms. The number of hydrogen-bond acceptors (Lipinski definition) is 5. The van der Waals surface area contributed by atoms with E-state index in [0.29, 0.717) is 11.4 Å². The van der Waals surface area contributed by atoms with Gasteiger partial charge in [0, 0.05) is 17.1 Å². The summed E-state index contributed by atoms with van der Waals surface area (Å²) in [5.74, 6) is 0.278. The molecule has 4 rings (SSSR count). The second kappa shape index (κ2) is 5.12. The summed E-state index contributed by atoms with van der Waals surface area (Å²) in [6.07, 6.45) is 1.70. The van der Waals surface area contributed by atoms with Crippen LogP contribution in [-0.4, -0.2) is 21.3 Å². The van der Waals surface area contributed by atoms with Gasteiger partial charge in [0.1, 0.15) is 0 Å². The molecule has 0 radical (unpaired) electrons. The fourth-order valence-electron chi connectivity index (χ4n) is 2.13. The van der Waals surface area contributed by atoms with Crippen LogP contribution in [0.5, 0.6) is 0 Å². The van der Waals surface area contributed by atoms with E-state index in [1.165, 1.54) is 11.3 Å². The lowest BCUT2D eigenvalue weighted by molar-refractivity contribution is 0.101. The Morgan fingerprint density at radius 3 is 3.09 bits per heavy atom. The second-order valence-electron chi connectivity index (χ2n) is 4.68.